The first-order valence-corrected chi connectivity index (χ1v) is 4.15. The molecule has 1 unspecified atom stereocenters. The Balaban J connectivity index is 2.93. The van der Waals surface area contributed by atoms with E-state index in [1.54, 1.807) is 6.92 Å². The molecule has 1 aromatic heterocycles. The van der Waals surface area contributed by atoms with E-state index < -0.39 is 11.7 Å². The van der Waals surface area contributed by atoms with Gasteiger partial charge in [0.15, 0.2) is 0 Å². The smallest absolute Gasteiger partial charge is 0.237 e. The summed E-state index contributed by atoms with van der Waals surface area (Å²) < 4.78 is 40.0. The maximum absolute atomic E-state index is 12.9. The van der Waals surface area contributed by atoms with Gasteiger partial charge in [0, 0.05) is 0 Å². The molecule has 1 aromatic rings. The number of halogens is 4. The number of imidazole rings is 1. The zero-order valence-corrected chi connectivity index (χ0v) is 7.68. The van der Waals surface area contributed by atoms with E-state index in [9.17, 15) is 13.2 Å². The molecule has 1 atom stereocenters. The van der Waals surface area contributed by atoms with Crippen LogP contribution in [0.25, 0.3) is 0 Å². The number of nitrogens with zero attached hydrogens (tertiary/aromatic N) is 2. The van der Waals surface area contributed by atoms with Crippen LogP contribution in [0.5, 0.6) is 0 Å². The van der Waals surface area contributed by atoms with Crippen molar-refractivity contribution >= 4 is 11.6 Å². The maximum atomic E-state index is 12.9. The number of aromatic nitrogens is 2. The normalized spacial score (nSPS) is 14.5. The van der Waals surface area contributed by atoms with Crippen LogP contribution in [0.4, 0.5) is 13.2 Å². The highest BCUT2D eigenvalue weighted by molar-refractivity contribution is 6.19. The zero-order chi connectivity index (χ0) is 10.1. The predicted molar refractivity (Wildman–Crippen MR) is 41.2 cm³/mol. The average Bonchev–Trinajstić information content (AvgIpc) is 2.51. The SMILES string of the molecule is CCn1cc[n+](C(F)(F)C(F)Cl)c1. The highest BCUT2D eigenvalue weighted by Crippen LogP contribution is 2.23. The quantitative estimate of drug-likeness (QED) is 0.536. The van der Waals surface area contributed by atoms with Gasteiger partial charge in [-0.05, 0) is 6.92 Å². The van der Waals surface area contributed by atoms with Crippen molar-refractivity contribution in [1.82, 2.24) is 4.57 Å². The summed E-state index contributed by atoms with van der Waals surface area (Å²) >= 11 is 4.71. The Kier molecular flexibility index (Phi) is 2.85. The fourth-order valence-corrected chi connectivity index (χ4v) is 0.983. The van der Waals surface area contributed by atoms with Crippen molar-refractivity contribution in [1.29, 1.82) is 0 Å². The Labute approximate surface area is 78.5 Å². The molecule has 13 heavy (non-hydrogen) atoms. The Hall–Kier alpha value is -0.710. The van der Waals surface area contributed by atoms with Crippen molar-refractivity contribution in [2.75, 3.05) is 0 Å². The fraction of sp³-hybridized carbons (Fsp3) is 0.571. The lowest BCUT2D eigenvalue weighted by atomic mass is 10.6. The van der Waals surface area contributed by atoms with Gasteiger partial charge in [-0.1, -0.05) is 11.6 Å². The van der Waals surface area contributed by atoms with E-state index in [1.807, 2.05) is 0 Å². The third kappa shape index (κ3) is 1.96. The molecule has 0 aromatic carbocycles. The molecule has 0 saturated heterocycles. The first-order chi connectivity index (χ1) is 5.98. The number of hydrogen-bond donors (Lipinski definition) is 0. The van der Waals surface area contributed by atoms with Crippen molar-refractivity contribution in [3.05, 3.63) is 18.7 Å². The molecular formula is C7H9ClF3N2+. The molecule has 0 bridgehead atoms. The minimum Gasteiger partial charge on any atom is -0.237 e. The summed E-state index contributed by atoms with van der Waals surface area (Å²) in [6.45, 7) is 2.33. The summed E-state index contributed by atoms with van der Waals surface area (Å²) in [7, 11) is 0. The second-order valence-corrected chi connectivity index (χ2v) is 2.92. The molecular weight excluding hydrogens is 205 g/mol. The summed E-state index contributed by atoms with van der Waals surface area (Å²) in [5, 5.41) is 0. The van der Waals surface area contributed by atoms with Crippen LogP contribution in [0, 0.1) is 0 Å². The highest BCUT2D eigenvalue weighted by Gasteiger charge is 2.46. The average molecular weight is 214 g/mol. The summed E-state index contributed by atoms with van der Waals surface area (Å²) in [5.74, 6) is 0. The Morgan fingerprint density at radius 1 is 1.62 bits per heavy atom. The molecule has 0 amide bonds. The summed E-state index contributed by atoms with van der Waals surface area (Å²) in [6, 6.07) is -3.69. The van der Waals surface area contributed by atoms with Crippen LogP contribution in [0.1, 0.15) is 6.92 Å². The fourth-order valence-electron chi connectivity index (χ4n) is 0.870. The largest absolute Gasteiger partial charge is 0.443 e. The van der Waals surface area contributed by atoms with E-state index in [1.165, 1.54) is 10.8 Å². The summed E-state index contributed by atoms with van der Waals surface area (Å²) in [4.78, 5) is 0. The Morgan fingerprint density at radius 2 is 2.23 bits per heavy atom. The molecule has 0 radical (unpaired) electrons. The van der Waals surface area contributed by atoms with Crippen molar-refractivity contribution in [2.24, 2.45) is 0 Å². The van der Waals surface area contributed by atoms with Gasteiger partial charge in [-0.15, -0.1) is 0 Å². The topological polar surface area (TPSA) is 8.81 Å². The third-order valence-corrected chi connectivity index (χ3v) is 1.93. The monoisotopic (exact) mass is 213 g/mol. The van der Waals surface area contributed by atoms with Crippen molar-refractivity contribution < 1.29 is 17.7 Å². The maximum Gasteiger partial charge on any atom is 0.443 e. The van der Waals surface area contributed by atoms with Gasteiger partial charge in [-0.25, -0.2) is 8.96 Å². The lowest BCUT2D eigenvalue weighted by molar-refractivity contribution is -0.826. The molecule has 1 rings (SSSR count). The second-order valence-electron chi connectivity index (χ2n) is 2.54. The molecule has 0 N–H and O–H groups in total. The molecule has 2 nitrogen and oxygen atoms in total. The first-order valence-electron chi connectivity index (χ1n) is 3.72. The van der Waals surface area contributed by atoms with Crippen molar-refractivity contribution in [2.45, 2.75) is 25.1 Å². The van der Waals surface area contributed by atoms with Crippen LogP contribution in [-0.4, -0.2) is 10.2 Å². The van der Waals surface area contributed by atoms with Gasteiger partial charge in [0.05, 0.1) is 6.54 Å². The van der Waals surface area contributed by atoms with Gasteiger partial charge in [-0.2, -0.15) is 13.3 Å². The van der Waals surface area contributed by atoms with Crippen LogP contribution in [0.2, 0.25) is 0 Å². The standard InChI is InChI=1S/C7H9ClF3N2/c1-2-12-3-4-13(5-12)7(10,11)6(8)9/h3-6H,2H2,1H3/q+1. The highest BCUT2D eigenvalue weighted by atomic mass is 35.5. The zero-order valence-electron chi connectivity index (χ0n) is 6.92. The predicted octanol–water partition coefficient (Wildman–Crippen LogP) is 1.88. The van der Waals surface area contributed by atoms with Crippen molar-refractivity contribution in [3.8, 4) is 0 Å². The van der Waals surface area contributed by atoms with Gasteiger partial charge in [0.25, 0.3) is 5.63 Å². The van der Waals surface area contributed by atoms with Gasteiger partial charge in [0.1, 0.15) is 12.4 Å². The van der Waals surface area contributed by atoms with Crippen LogP contribution in [0.15, 0.2) is 18.7 Å². The van der Waals surface area contributed by atoms with Crippen LogP contribution >= 0.6 is 11.6 Å². The van der Waals surface area contributed by atoms with Crippen LogP contribution in [-0.2, 0) is 12.6 Å². The van der Waals surface area contributed by atoms with E-state index in [0.29, 0.717) is 11.1 Å². The van der Waals surface area contributed by atoms with Crippen LogP contribution < -0.4 is 4.57 Å². The third-order valence-electron chi connectivity index (χ3n) is 1.66. The number of aryl methyl sites for hydroxylation is 1. The van der Waals surface area contributed by atoms with Crippen LogP contribution in [0.3, 0.4) is 0 Å². The van der Waals surface area contributed by atoms with Gasteiger partial charge >= 0.3 is 6.05 Å². The van der Waals surface area contributed by atoms with E-state index in [4.69, 9.17) is 11.6 Å². The lowest BCUT2D eigenvalue weighted by Gasteiger charge is -2.10. The van der Waals surface area contributed by atoms with E-state index in [-0.39, 0.29) is 0 Å². The molecule has 6 heteroatoms. The number of alkyl halides is 4. The molecule has 0 spiro atoms. The first kappa shape index (κ1) is 10.4. The minimum atomic E-state index is -3.69. The van der Waals surface area contributed by atoms with E-state index in [0.717, 1.165) is 12.5 Å². The molecule has 0 aliphatic rings. The molecule has 1 heterocycles. The summed E-state index contributed by atoms with van der Waals surface area (Å²) in [6.07, 6.45) is 3.61. The van der Waals surface area contributed by atoms with E-state index in [2.05, 4.69) is 0 Å². The van der Waals surface area contributed by atoms with Gasteiger partial charge < -0.3 is 0 Å². The Morgan fingerprint density at radius 3 is 2.62 bits per heavy atom. The molecule has 0 saturated carbocycles. The van der Waals surface area contributed by atoms with Crippen molar-refractivity contribution in [3.63, 3.8) is 0 Å². The molecule has 0 fully saturated rings. The summed E-state index contributed by atoms with van der Waals surface area (Å²) in [5.41, 5.74) is -2.72. The Bertz CT molecular complexity index is 285. The second kappa shape index (κ2) is 3.57. The molecule has 74 valence electrons. The van der Waals surface area contributed by atoms with Gasteiger partial charge in [0.2, 0.25) is 6.33 Å². The number of rotatable bonds is 3. The molecule has 0 aliphatic carbocycles. The molecule has 0 aliphatic heterocycles. The lowest BCUT2D eigenvalue weighted by Crippen LogP contribution is -2.53. The van der Waals surface area contributed by atoms with E-state index >= 15 is 0 Å². The minimum absolute atomic E-state index is 0.453. The van der Waals surface area contributed by atoms with Gasteiger partial charge in [-0.3, -0.25) is 0 Å². The number of hydrogen-bond acceptors (Lipinski definition) is 0.